The molecule has 1 amide bonds. The van der Waals surface area contributed by atoms with Gasteiger partial charge in [0.05, 0.1) is 5.60 Å². The summed E-state index contributed by atoms with van der Waals surface area (Å²) in [4.78, 5) is 13.7. The number of carbonyl (C=O) groups excluding carboxylic acids is 1. The number of ether oxygens (including phenoxy) is 2. The third kappa shape index (κ3) is 3.77. The molecule has 1 atom stereocenters. The number of benzene rings is 1. The van der Waals surface area contributed by atoms with Crippen LogP contribution in [0.4, 0.5) is 4.39 Å². The van der Waals surface area contributed by atoms with Crippen LogP contribution in [0.3, 0.4) is 0 Å². The van der Waals surface area contributed by atoms with Crippen molar-refractivity contribution in [3.8, 4) is 0 Å². The van der Waals surface area contributed by atoms with Gasteiger partial charge in [-0.15, -0.1) is 0 Å². The molecule has 132 valence electrons. The maximum atomic E-state index is 13.8. The van der Waals surface area contributed by atoms with Gasteiger partial charge in [0.1, 0.15) is 12.4 Å². The monoisotopic (exact) mass is 336 g/mol. The van der Waals surface area contributed by atoms with Crippen molar-refractivity contribution in [2.45, 2.75) is 25.0 Å². The number of nitrogens with zero attached hydrogens (tertiary/aromatic N) is 1. The van der Waals surface area contributed by atoms with E-state index in [0.29, 0.717) is 19.0 Å². The van der Waals surface area contributed by atoms with Crippen LogP contribution in [-0.2, 0) is 20.8 Å². The number of hydrogen-bond donors (Lipinski definition) is 1. The summed E-state index contributed by atoms with van der Waals surface area (Å²) in [7, 11) is 1.51. The topological polar surface area (TPSA) is 50.8 Å². The molecule has 2 saturated heterocycles. The van der Waals surface area contributed by atoms with Crippen molar-refractivity contribution in [2.24, 2.45) is 5.92 Å². The Morgan fingerprint density at radius 1 is 1.46 bits per heavy atom. The predicted octanol–water partition coefficient (Wildman–Crippen LogP) is 1.57. The van der Waals surface area contributed by atoms with Crippen molar-refractivity contribution in [1.29, 1.82) is 0 Å². The second-order valence-electron chi connectivity index (χ2n) is 6.71. The van der Waals surface area contributed by atoms with Crippen molar-refractivity contribution < 1.29 is 18.7 Å². The van der Waals surface area contributed by atoms with Gasteiger partial charge in [0.2, 0.25) is 5.91 Å². The van der Waals surface area contributed by atoms with Gasteiger partial charge in [0.25, 0.3) is 0 Å². The number of rotatable bonds is 7. The molecule has 6 heteroatoms. The van der Waals surface area contributed by atoms with E-state index in [1.54, 1.807) is 6.07 Å². The molecule has 0 aromatic heterocycles. The van der Waals surface area contributed by atoms with Gasteiger partial charge in [-0.3, -0.25) is 9.69 Å². The Morgan fingerprint density at radius 2 is 2.25 bits per heavy atom. The molecule has 3 rings (SSSR count). The smallest absolute Gasteiger partial charge is 0.245 e. The highest BCUT2D eigenvalue weighted by Crippen LogP contribution is 2.42. The van der Waals surface area contributed by atoms with Crippen LogP contribution < -0.4 is 5.32 Å². The van der Waals surface area contributed by atoms with Crippen LogP contribution in [0.25, 0.3) is 0 Å². The minimum absolute atomic E-state index is 0.0831. The van der Waals surface area contributed by atoms with E-state index >= 15 is 0 Å². The summed E-state index contributed by atoms with van der Waals surface area (Å²) in [6, 6.07) is 6.91. The van der Waals surface area contributed by atoms with Crippen molar-refractivity contribution in [2.75, 3.05) is 40.0 Å². The van der Waals surface area contributed by atoms with E-state index in [1.807, 2.05) is 12.1 Å². The summed E-state index contributed by atoms with van der Waals surface area (Å²) in [5.41, 5.74) is 0.616. The molecule has 24 heavy (non-hydrogen) atoms. The minimum Gasteiger partial charge on any atom is -0.375 e. The molecule has 0 aliphatic carbocycles. The molecule has 2 aliphatic heterocycles. The molecule has 1 N–H and O–H groups in total. The fraction of sp³-hybridized carbons (Fsp3) is 0.611. The average molecular weight is 336 g/mol. The van der Waals surface area contributed by atoms with Gasteiger partial charge in [-0.1, -0.05) is 18.2 Å². The molecular weight excluding hydrogens is 311 g/mol. The predicted molar refractivity (Wildman–Crippen MR) is 88.0 cm³/mol. The van der Waals surface area contributed by atoms with Gasteiger partial charge in [0.15, 0.2) is 0 Å². The zero-order chi connectivity index (χ0) is 17.0. The van der Waals surface area contributed by atoms with Crippen LogP contribution in [0.5, 0.6) is 0 Å². The first-order valence-corrected chi connectivity index (χ1v) is 8.48. The summed E-state index contributed by atoms with van der Waals surface area (Å²) in [6.45, 7) is 3.79. The van der Waals surface area contributed by atoms with E-state index in [1.165, 1.54) is 13.2 Å². The number of hydrogen-bond acceptors (Lipinski definition) is 4. The second kappa shape index (κ2) is 7.59. The highest BCUT2D eigenvalue weighted by molar-refractivity contribution is 5.77. The fourth-order valence-electron chi connectivity index (χ4n) is 3.80. The first-order chi connectivity index (χ1) is 11.6. The minimum atomic E-state index is -0.150. The van der Waals surface area contributed by atoms with E-state index in [9.17, 15) is 9.18 Å². The third-order valence-corrected chi connectivity index (χ3v) is 5.02. The molecule has 0 radical (unpaired) electrons. The van der Waals surface area contributed by atoms with Crippen LogP contribution >= 0.6 is 0 Å². The molecule has 1 aromatic carbocycles. The van der Waals surface area contributed by atoms with Gasteiger partial charge in [-0.05, 0) is 24.8 Å². The van der Waals surface area contributed by atoms with Crippen molar-refractivity contribution in [3.05, 3.63) is 35.6 Å². The SMILES string of the molecule is COCC(=O)NCCC1CCOC12CN(Cc1ccccc1F)C2. The van der Waals surface area contributed by atoms with Crippen molar-refractivity contribution in [1.82, 2.24) is 10.2 Å². The number of amides is 1. The van der Waals surface area contributed by atoms with E-state index in [0.717, 1.165) is 38.1 Å². The molecule has 5 nitrogen and oxygen atoms in total. The van der Waals surface area contributed by atoms with E-state index in [4.69, 9.17) is 9.47 Å². The van der Waals surface area contributed by atoms with Gasteiger partial charge in [-0.25, -0.2) is 4.39 Å². The van der Waals surface area contributed by atoms with Crippen LogP contribution in [0.15, 0.2) is 24.3 Å². The van der Waals surface area contributed by atoms with Crippen molar-refractivity contribution in [3.63, 3.8) is 0 Å². The Balaban J connectivity index is 1.46. The lowest BCUT2D eigenvalue weighted by Crippen LogP contribution is -2.64. The van der Waals surface area contributed by atoms with Crippen LogP contribution in [0.1, 0.15) is 18.4 Å². The maximum absolute atomic E-state index is 13.8. The maximum Gasteiger partial charge on any atom is 0.245 e. The summed E-state index contributed by atoms with van der Waals surface area (Å²) in [6.07, 6.45) is 1.93. The van der Waals surface area contributed by atoms with E-state index in [-0.39, 0.29) is 23.9 Å². The van der Waals surface area contributed by atoms with Gasteiger partial charge in [0, 0.05) is 45.5 Å². The molecule has 0 saturated carbocycles. The first kappa shape index (κ1) is 17.3. The lowest BCUT2D eigenvalue weighted by atomic mass is 9.78. The molecule has 2 heterocycles. The number of halogens is 1. The highest BCUT2D eigenvalue weighted by atomic mass is 19.1. The Hall–Kier alpha value is -1.50. The molecule has 2 fully saturated rings. The first-order valence-electron chi connectivity index (χ1n) is 8.48. The van der Waals surface area contributed by atoms with Crippen molar-refractivity contribution >= 4 is 5.91 Å². The standard InChI is InChI=1S/C18H25FN2O3/c1-23-11-17(22)20-8-6-15-7-9-24-18(15)12-21(13-18)10-14-4-2-3-5-16(14)19/h2-5,15H,6-13H2,1H3,(H,20,22). The second-order valence-corrected chi connectivity index (χ2v) is 6.71. The summed E-state index contributed by atoms with van der Waals surface area (Å²) in [5, 5.41) is 2.87. The van der Waals surface area contributed by atoms with E-state index in [2.05, 4.69) is 10.2 Å². The Labute approximate surface area is 142 Å². The average Bonchev–Trinajstić information content (AvgIpc) is 2.93. The Morgan fingerprint density at radius 3 is 3.00 bits per heavy atom. The zero-order valence-corrected chi connectivity index (χ0v) is 14.1. The van der Waals surface area contributed by atoms with Crippen LogP contribution in [-0.4, -0.2) is 56.4 Å². The highest BCUT2D eigenvalue weighted by Gasteiger charge is 2.52. The summed E-state index contributed by atoms with van der Waals surface area (Å²) < 4.78 is 24.6. The Kier molecular flexibility index (Phi) is 5.48. The zero-order valence-electron chi connectivity index (χ0n) is 14.1. The van der Waals surface area contributed by atoms with Crippen LogP contribution in [0.2, 0.25) is 0 Å². The quantitative estimate of drug-likeness (QED) is 0.821. The number of carbonyl (C=O) groups is 1. The lowest BCUT2D eigenvalue weighted by Gasteiger charge is -2.50. The number of nitrogens with one attached hydrogen (secondary N) is 1. The number of methoxy groups -OCH3 is 1. The molecule has 1 unspecified atom stereocenters. The van der Waals surface area contributed by atoms with Gasteiger partial charge >= 0.3 is 0 Å². The normalized spacial score (nSPS) is 22.5. The summed E-state index contributed by atoms with van der Waals surface area (Å²) >= 11 is 0. The Bertz CT molecular complexity index is 575. The number of likely N-dealkylation sites (tertiary alicyclic amines) is 1. The van der Waals surface area contributed by atoms with Gasteiger partial charge < -0.3 is 14.8 Å². The fourth-order valence-corrected chi connectivity index (χ4v) is 3.80. The largest absolute Gasteiger partial charge is 0.375 e. The molecule has 1 aromatic rings. The molecule has 1 spiro atoms. The summed E-state index contributed by atoms with van der Waals surface area (Å²) in [5.74, 6) is 0.209. The lowest BCUT2D eigenvalue weighted by molar-refractivity contribution is -0.137. The molecular formula is C18H25FN2O3. The van der Waals surface area contributed by atoms with E-state index < -0.39 is 0 Å². The van der Waals surface area contributed by atoms with Crippen LogP contribution in [0, 0.1) is 11.7 Å². The third-order valence-electron chi connectivity index (χ3n) is 5.02. The molecule has 0 bridgehead atoms. The molecule has 2 aliphatic rings. The van der Waals surface area contributed by atoms with Gasteiger partial charge in [-0.2, -0.15) is 0 Å².